The molecule has 1 rings (SSSR count). The van der Waals surface area contributed by atoms with Crippen molar-refractivity contribution in [1.29, 1.82) is 0 Å². The van der Waals surface area contributed by atoms with Crippen LogP contribution in [0.3, 0.4) is 0 Å². The Kier molecular flexibility index (Phi) is 8.96. The Balaban J connectivity index is 2.56. The van der Waals surface area contributed by atoms with E-state index < -0.39 is 11.9 Å². The van der Waals surface area contributed by atoms with Crippen molar-refractivity contribution in [2.75, 3.05) is 13.2 Å². The van der Waals surface area contributed by atoms with Crippen LogP contribution >= 0.6 is 0 Å². The highest BCUT2D eigenvalue weighted by Gasteiger charge is 2.31. The largest absolute Gasteiger partial charge is 0.461 e. The van der Waals surface area contributed by atoms with E-state index in [4.69, 9.17) is 9.47 Å². The van der Waals surface area contributed by atoms with Gasteiger partial charge >= 0.3 is 11.9 Å². The zero-order chi connectivity index (χ0) is 16.2. The molecular weight excluding hydrogens is 280 g/mol. The molecule has 1 aliphatic carbocycles. The molecule has 22 heavy (non-hydrogen) atoms. The molecule has 122 valence electrons. The molecule has 0 aromatic heterocycles. The van der Waals surface area contributed by atoms with Crippen molar-refractivity contribution in [3.63, 3.8) is 0 Å². The number of carbonyl (C=O) groups is 2. The highest BCUT2D eigenvalue weighted by Crippen LogP contribution is 2.27. The van der Waals surface area contributed by atoms with E-state index in [0.29, 0.717) is 12.0 Å². The van der Waals surface area contributed by atoms with Gasteiger partial charge in [0, 0.05) is 5.57 Å². The summed E-state index contributed by atoms with van der Waals surface area (Å²) in [4.78, 5) is 24.2. The monoisotopic (exact) mass is 306 g/mol. The number of carbonyl (C=O) groups excluding carboxylic acids is 2. The van der Waals surface area contributed by atoms with Gasteiger partial charge in [0.25, 0.3) is 0 Å². The van der Waals surface area contributed by atoms with Gasteiger partial charge in [-0.05, 0) is 32.1 Å². The standard InChI is InChI=1S/C18H26O4/c1-3-5-9-13-21-17(19)15-11-7-8-12-16(15)18(20)22-14-10-6-4-2/h5-6,9-11,16H,3-4,7-8,12-14H2,1-2H3/b9-5+,10-6+. The molecule has 0 bridgehead atoms. The van der Waals surface area contributed by atoms with Crippen LogP contribution in [0.2, 0.25) is 0 Å². The van der Waals surface area contributed by atoms with Gasteiger partial charge in [-0.15, -0.1) is 0 Å². The number of esters is 2. The van der Waals surface area contributed by atoms with Crippen LogP contribution in [0.5, 0.6) is 0 Å². The normalized spacial score (nSPS) is 18.5. The van der Waals surface area contributed by atoms with E-state index >= 15 is 0 Å². The molecule has 4 heteroatoms. The van der Waals surface area contributed by atoms with E-state index in [1.807, 2.05) is 44.2 Å². The highest BCUT2D eigenvalue weighted by atomic mass is 16.5. The summed E-state index contributed by atoms with van der Waals surface area (Å²) in [6, 6.07) is 0. The molecule has 0 N–H and O–H groups in total. The lowest BCUT2D eigenvalue weighted by molar-refractivity contribution is -0.149. The summed E-state index contributed by atoms with van der Waals surface area (Å²) < 4.78 is 10.4. The van der Waals surface area contributed by atoms with Crippen LogP contribution < -0.4 is 0 Å². The number of hydrogen-bond donors (Lipinski definition) is 0. The number of hydrogen-bond acceptors (Lipinski definition) is 4. The molecule has 0 aromatic carbocycles. The molecule has 0 saturated carbocycles. The van der Waals surface area contributed by atoms with Gasteiger partial charge in [-0.25, -0.2) is 4.79 Å². The molecule has 0 spiro atoms. The minimum Gasteiger partial charge on any atom is -0.461 e. The van der Waals surface area contributed by atoms with Gasteiger partial charge in [-0.1, -0.05) is 44.2 Å². The first-order chi connectivity index (χ1) is 10.7. The second kappa shape index (κ2) is 10.8. The van der Waals surface area contributed by atoms with E-state index in [2.05, 4.69) is 0 Å². The lowest BCUT2D eigenvalue weighted by atomic mass is 9.87. The molecule has 0 saturated heterocycles. The minimum atomic E-state index is -0.494. The third-order valence-corrected chi connectivity index (χ3v) is 3.39. The second-order valence-corrected chi connectivity index (χ2v) is 5.13. The summed E-state index contributed by atoms with van der Waals surface area (Å²) in [6.07, 6.45) is 13.5. The molecule has 4 nitrogen and oxygen atoms in total. The fraction of sp³-hybridized carbons (Fsp3) is 0.556. The van der Waals surface area contributed by atoms with E-state index in [0.717, 1.165) is 25.7 Å². The third kappa shape index (κ3) is 6.29. The van der Waals surface area contributed by atoms with Crippen molar-refractivity contribution >= 4 is 11.9 Å². The molecular formula is C18H26O4. The topological polar surface area (TPSA) is 52.6 Å². The van der Waals surface area contributed by atoms with Gasteiger partial charge in [0.1, 0.15) is 13.2 Å². The van der Waals surface area contributed by atoms with Crippen LogP contribution in [0.15, 0.2) is 36.0 Å². The van der Waals surface area contributed by atoms with Gasteiger partial charge in [0.05, 0.1) is 5.92 Å². The fourth-order valence-corrected chi connectivity index (χ4v) is 2.26. The third-order valence-electron chi connectivity index (χ3n) is 3.39. The Labute approximate surface area is 132 Å². The van der Waals surface area contributed by atoms with Gasteiger partial charge in [0.15, 0.2) is 0 Å². The molecule has 0 aliphatic heterocycles. The predicted molar refractivity (Wildman–Crippen MR) is 86.2 cm³/mol. The fourth-order valence-electron chi connectivity index (χ4n) is 2.26. The van der Waals surface area contributed by atoms with E-state index in [9.17, 15) is 9.59 Å². The van der Waals surface area contributed by atoms with Crippen molar-refractivity contribution in [2.45, 2.75) is 46.0 Å². The van der Waals surface area contributed by atoms with E-state index in [1.165, 1.54) is 0 Å². The summed E-state index contributed by atoms with van der Waals surface area (Å²) in [5, 5.41) is 0. The molecule has 1 atom stereocenters. The van der Waals surface area contributed by atoms with E-state index in [1.54, 1.807) is 0 Å². The average molecular weight is 306 g/mol. The van der Waals surface area contributed by atoms with Crippen molar-refractivity contribution in [1.82, 2.24) is 0 Å². The lowest BCUT2D eigenvalue weighted by Crippen LogP contribution is -2.27. The van der Waals surface area contributed by atoms with Crippen molar-refractivity contribution < 1.29 is 19.1 Å². The second-order valence-electron chi connectivity index (χ2n) is 5.13. The number of ether oxygens (including phenoxy) is 2. The Morgan fingerprint density at radius 2 is 1.73 bits per heavy atom. The van der Waals surface area contributed by atoms with Crippen LogP contribution in [0.25, 0.3) is 0 Å². The maximum atomic E-state index is 12.1. The van der Waals surface area contributed by atoms with Crippen LogP contribution in [-0.2, 0) is 19.1 Å². The van der Waals surface area contributed by atoms with Gasteiger partial charge in [-0.3, -0.25) is 4.79 Å². The van der Waals surface area contributed by atoms with Crippen LogP contribution in [0, 0.1) is 5.92 Å². The van der Waals surface area contributed by atoms with Gasteiger partial charge in [-0.2, -0.15) is 0 Å². The zero-order valence-electron chi connectivity index (χ0n) is 13.5. The maximum absolute atomic E-state index is 12.1. The molecule has 0 aromatic rings. The van der Waals surface area contributed by atoms with Gasteiger partial charge in [0.2, 0.25) is 0 Å². The van der Waals surface area contributed by atoms with Crippen molar-refractivity contribution in [3.05, 3.63) is 36.0 Å². The van der Waals surface area contributed by atoms with Crippen molar-refractivity contribution in [3.8, 4) is 0 Å². The van der Waals surface area contributed by atoms with E-state index in [-0.39, 0.29) is 19.2 Å². The van der Waals surface area contributed by atoms with Crippen LogP contribution in [0.4, 0.5) is 0 Å². The lowest BCUT2D eigenvalue weighted by Gasteiger charge is -2.21. The zero-order valence-corrected chi connectivity index (χ0v) is 13.5. The number of allylic oxidation sites excluding steroid dienone is 3. The summed E-state index contributed by atoms with van der Waals surface area (Å²) in [6.45, 7) is 4.53. The number of rotatable bonds is 8. The summed E-state index contributed by atoms with van der Waals surface area (Å²) >= 11 is 0. The first-order valence-electron chi connectivity index (χ1n) is 8.04. The Morgan fingerprint density at radius 3 is 2.36 bits per heavy atom. The first-order valence-corrected chi connectivity index (χ1v) is 8.04. The SMILES string of the molecule is CC/C=C/COC(=O)C1=CCCCC1C(=O)OC/C=C/CC. The Bertz CT molecular complexity index is 446. The summed E-state index contributed by atoms with van der Waals surface area (Å²) in [7, 11) is 0. The smallest absolute Gasteiger partial charge is 0.334 e. The summed E-state index contributed by atoms with van der Waals surface area (Å²) in [5.74, 6) is -1.24. The minimum absolute atomic E-state index is 0.241. The molecule has 0 amide bonds. The van der Waals surface area contributed by atoms with Crippen LogP contribution in [0.1, 0.15) is 46.0 Å². The quantitative estimate of drug-likeness (QED) is 0.506. The molecule has 1 aliphatic rings. The average Bonchev–Trinajstić information content (AvgIpc) is 2.55. The highest BCUT2D eigenvalue weighted by molar-refractivity contribution is 5.95. The maximum Gasteiger partial charge on any atom is 0.334 e. The predicted octanol–water partition coefficient (Wildman–Crippen LogP) is 3.73. The van der Waals surface area contributed by atoms with Crippen LogP contribution in [-0.4, -0.2) is 25.2 Å². The Morgan fingerprint density at radius 1 is 1.09 bits per heavy atom. The summed E-state index contributed by atoms with van der Waals surface area (Å²) in [5.41, 5.74) is 0.445. The molecule has 1 unspecified atom stereocenters. The molecule has 0 heterocycles. The first kappa shape index (κ1) is 18.2. The molecule has 0 fully saturated rings. The Hall–Kier alpha value is -1.84. The van der Waals surface area contributed by atoms with Crippen molar-refractivity contribution in [2.24, 2.45) is 5.92 Å². The molecule has 0 radical (unpaired) electrons. The van der Waals surface area contributed by atoms with Gasteiger partial charge < -0.3 is 9.47 Å².